The molecule has 1 atom stereocenters. The molecule has 0 aliphatic heterocycles. The normalized spacial score (nSPS) is 12.6. The average Bonchev–Trinajstić information content (AvgIpc) is 2.31. The number of aryl methyl sites for hydroxylation is 1. The lowest BCUT2D eigenvalue weighted by Crippen LogP contribution is -2.17. The minimum Gasteiger partial charge on any atom is -0.464 e. The quantitative estimate of drug-likeness (QED) is 0.835. The number of carbonyl (C=O) groups is 1. The molecule has 1 rings (SSSR count). The van der Waals surface area contributed by atoms with Gasteiger partial charge in [0.15, 0.2) is 6.10 Å². The van der Waals surface area contributed by atoms with Crippen molar-refractivity contribution >= 4 is 5.97 Å². The summed E-state index contributed by atoms with van der Waals surface area (Å²) in [6.45, 7) is 10.1. The van der Waals surface area contributed by atoms with Crippen LogP contribution in [-0.2, 0) is 9.53 Å². The van der Waals surface area contributed by atoms with E-state index in [4.69, 9.17) is 4.74 Å². The highest BCUT2D eigenvalue weighted by atomic mass is 16.5. The second kappa shape index (κ2) is 6.01. The Bertz CT molecular complexity index is 436. The van der Waals surface area contributed by atoms with Crippen LogP contribution in [-0.4, -0.2) is 17.7 Å². The van der Waals surface area contributed by atoms with Crippen LogP contribution in [0, 0.1) is 13.8 Å². The molecular formula is C15H22O3. The van der Waals surface area contributed by atoms with Crippen molar-refractivity contribution in [3.63, 3.8) is 0 Å². The summed E-state index contributed by atoms with van der Waals surface area (Å²) in [7, 11) is 0. The van der Waals surface area contributed by atoms with Gasteiger partial charge in [-0.05, 0) is 48.9 Å². The molecule has 0 amide bonds. The van der Waals surface area contributed by atoms with E-state index >= 15 is 0 Å². The second-order valence-electron chi connectivity index (χ2n) is 4.86. The van der Waals surface area contributed by atoms with E-state index in [0.717, 1.165) is 16.7 Å². The number of hydrogen-bond donors (Lipinski definition) is 1. The molecule has 1 aromatic rings. The summed E-state index contributed by atoms with van der Waals surface area (Å²) in [5.41, 5.74) is 3.80. The highest BCUT2D eigenvalue weighted by Crippen LogP contribution is 2.27. The molecule has 0 saturated carbocycles. The predicted octanol–water partition coefficient (Wildman–Crippen LogP) is 3.02. The van der Waals surface area contributed by atoms with Crippen molar-refractivity contribution in [2.45, 2.75) is 46.6 Å². The summed E-state index contributed by atoms with van der Waals surface area (Å²) in [6, 6.07) is 4.00. The van der Waals surface area contributed by atoms with Gasteiger partial charge < -0.3 is 9.84 Å². The van der Waals surface area contributed by atoms with Crippen LogP contribution >= 0.6 is 0 Å². The van der Waals surface area contributed by atoms with Gasteiger partial charge in [0.1, 0.15) is 0 Å². The fourth-order valence-electron chi connectivity index (χ4n) is 1.88. The summed E-state index contributed by atoms with van der Waals surface area (Å²) < 4.78 is 4.86. The maximum atomic E-state index is 11.6. The Labute approximate surface area is 109 Å². The monoisotopic (exact) mass is 250 g/mol. The van der Waals surface area contributed by atoms with Crippen LogP contribution in [0.5, 0.6) is 0 Å². The Morgan fingerprint density at radius 2 is 1.94 bits per heavy atom. The Morgan fingerprint density at radius 3 is 2.44 bits per heavy atom. The first-order valence-corrected chi connectivity index (χ1v) is 6.34. The van der Waals surface area contributed by atoms with E-state index in [1.54, 1.807) is 6.92 Å². The van der Waals surface area contributed by atoms with Gasteiger partial charge in [0, 0.05) is 0 Å². The number of ether oxygens (including phenoxy) is 1. The number of aliphatic hydroxyl groups is 1. The van der Waals surface area contributed by atoms with Crippen LogP contribution in [0.2, 0.25) is 0 Å². The van der Waals surface area contributed by atoms with Gasteiger partial charge >= 0.3 is 5.97 Å². The number of esters is 1. The Kier molecular flexibility index (Phi) is 4.91. The van der Waals surface area contributed by atoms with Crippen LogP contribution in [0.1, 0.15) is 55.0 Å². The number of aliphatic hydroxyl groups excluding tert-OH is 1. The van der Waals surface area contributed by atoms with E-state index in [0.29, 0.717) is 11.5 Å². The standard InChI is InChI=1S/C15H22O3/c1-6-18-15(17)14(16)13-8-12(9(2)3)7-10(4)11(13)5/h7-9,14,16H,6H2,1-5H3. The Hall–Kier alpha value is -1.35. The first-order chi connectivity index (χ1) is 8.38. The van der Waals surface area contributed by atoms with E-state index in [-0.39, 0.29) is 6.61 Å². The molecule has 0 aromatic heterocycles. The highest BCUT2D eigenvalue weighted by molar-refractivity contribution is 5.77. The zero-order chi connectivity index (χ0) is 13.9. The van der Waals surface area contributed by atoms with Crippen molar-refractivity contribution in [1.82, 2.24) is 0 Å². The summed E-state index contributed by atoms with van der Waals surface area (Å²) in [6.07, 6.45) is -1.19. The first-order valence-electron chi connectivity index (χ1n) is 6.34. The minimum atomic E-state index is -1.19. The predicted molar refractivity (Wildman–Crippen MR) is 71.6 cm³/mol. The zero-order valence-electron chi connectivity index (χ0n) is 11.8. The van der Waals surface area contributed by atoms with Gasteiger partial charge in [0.25, 0.3) is 0 Å². The minimum absolute atomic E-state index is 0.276. The van der Waals surface area contributed by atoms with Crippen molar-refractivity contribution < 1.29 is 14.6 Å². The average molecular weight is 250 g/mol. The SMILES string of the molecule is CCOC(=O)C(O)c1cc(C(C)C)cc(C)c1C. The molecule has 0 aliphatic carbocycles. The van der Waals surface area contributed by atoms with Gasteiger partial charge in [-0.1, -0.05) is 26.0 Å². The third-order valence-electron chi connectivity index (χ3n) is 3.20. The zero-order valence-corrected chi connectivity index (χ0v) is 11.8. The second-order valence-corrected chi connectivity index (χ2v) is 4.86. The molecule has 3 heteroatoms. The lowest BCUT2D eigenvalue weighted by atomic mass is 9.92. The number of rotatable bonds is 4. The molecule has 100 valence electrons. The van der Waals surface area contributed by atoms with Crippen molar-refractivity contribution in [3.05, 3.63) is 34.4 Å². The fraction of sp³-hybridized carbons (Fsp3) is 0.533. The van der Waals surface area contributed by atoms with Gasteiger partial charge in [0.05, 0.1) is 6.61 Å². The highest BCUT2D eigenvalue weighted by Gasteiger charge is 2.22. The third-order valence-corrected chi connectivity index (χ3v) is 3.20. The van der Waals surface area contributed by atoms with Crippen molar-refractivity contribution in [1.29, 1.82) is 0 Å². The number of hydrogen-bond acceptors (Lipinski definition) is 3. The van der Waals surface area contributed by atoms with E-state index in [9.17, 15) is 9.90 Å². The van der Waals surface area contributed by atoms with E-state index < -0.39 is 12.1 Å². The molecule has 3 nitrogen and oxygen atoms in total. The van der Waals surface area contributed by atoms with E-state index in [1.807, 2.05) is 19.9 Å². The van der Waals surface area contributed by atoms with Crippen LogP contribution in [0.3, 0.4) is 0 Å². The largest absolute Gasteiger partial charge is 0.464 e. The molecule has 0 radical (unpaired) electrons. The Morgan fingerprint density at radius 1 is 1.33 bits per heavy atom. The molecule has 1 aromatic carbocycles. The fourth-order valence-corrected chi connectivity index (χ4v) is 1.88. The molecule has 1 unspecified atom stereocenters. The van der Waals surface area contributed by atoms with Gasteiger partial charge in [-0.25, -0.2) is 4.79 Å². The van der Waals surface area contributed by atoms with Crippen molar-refractivity contribution in [2.24, 2.45) is 0 Å². The molecular weight excluding hydrogens is 228 g/mol. The molecule has 0 saturated heterocycles. The summed E-state index contributed by atoms with van der Waals surface area (Å²) >= 11 is 0. The van der Waals surface area contributed by atoms with Crippen molar-refractivity contribution in [3.8, 4) is 0 Å². The Balaban J connectivity index is 3.18. The van der Waals surface area contributed by atoms with Crippen LogP contribution in [0.4, 0.5) is 0 Å². The maximum Gasteiger partial charge on any atom is 0.339 e. The lowest BCUT2D eigenvalue weighted by Gasteiger charge is -2.17. The van der Waals surface area contributed by atoms with Gasteiger partial charge in [0.2, 0.25) is 0 Å². The summed E-state index contributed by atoms with van der Waals surface area (Å²) in [4.78, 5) is 11.6. The lowest BCUT2D eigenvalue weighted by molar-refractivity contribution is -0.153. The van der Waals surface area contributed by atoms with Gasteiger partial charge in [-0.3, -0.25) is 0 Å². The molecule has 0 spiro atoms. The van der Waals surface area contributed by atoms with Crippen LogP contribution in [0.25, 0.3) is 0 Å². The smallest absolute Gasteiger partial charge is 0.339 e. The molecule has 0 heterocycles. The van der Waals surface area contributed by atoms with Crippen molar-refractivity contribution in [2.75, 3.05) is 6.61 Å². The summed E-state index contributed by atoms with van der Waals surface area (Å²) in [5.74, 6) is -0.224. The molecule has 0 aliphatic rings. The maximum absolute atomic E-state index is 11.6. The van der Waals surface area contributed by atoms with Crippen LogP contribution in [0.15, 0.2) is 12.1 Å². The van der Waals surface area contributed by atoms with Gasteiger partial charge in [-0.15, -0.1) is 0 Å². The molecule has 0 fully saturated rings. The van der Waals surface area contributed by atoms with Gasteiger partial charge in [-0.2, -0.15) is 0 Å². The summed E-state index contributed by atoms with van der Waals surface area (Å²) in [5, 5.41) is 10.1. The molecule has 18 heavy (non-hydrogen) atoms. The van der Waals surface area contributed by atoms with E-state index in [2.05, 4.69) is 19.9 Å². The third kappa shape index (κ3) is 3.10. The van der Waals surface area contributed by atoms with E-state index in [1.165, 1.54) is 0 Å². The number of benzene rings is 1. The topological polar surface area (TPSA) is 46.5 Å². The van der Waals surface area contributed by atoms with Crippen LogP contribution < -0.4 is 0 Å². The molecule has 0 bridgehead atoms. The number of carbonyl (C=O) groups excluding carboxylic acids is 1. The molecule has 1 N–H and O–H groups in total. The first kappa shape index (κ1) is 14.7.